The van der Waals surface area contributed by atoms with Crippen molar-refractivity contribution >= 4 is 11.9 Å². The van der Waals surface area contributed by atoms with Crippen molar-refractivity contribution in [2.24, 2.45) is 0 Å². The predicted molar refractivity (Wildman–Crippen MR) is 375 cm³/mol. The van der Waals surface area contributed by atoms with E-state index in [0.717, 1.165) is 64.2 Å². The minimum Gasteiger partial charge on any atom is -0.454 e. The summed E-state index contributed by atoms with van der Waals surface area (Å²) in [6.45, 7) is 5.83. The van der Waals surface area contributed by atoms with E-state index in [0.29, 0.717) is 19.3 Å². The van der Waals surface area contributed by atoms with Gasteiger partial charge in [-0.05, 0) is 57.8 Å². The number of ether oxygens (including phenoxy) is 3. The van der Waals surface area contributed by atoms with E-state index in [4.69, 9.17) is 14.2 Å². The third-order valence-electron chi connectivity index (χ3n) is 18.5. The minimum atomic E-state index is -1.61. The Bertz CT molecular complexity index is 1590. The first-order valence-corrected chi connectivity index (χ1v) is 38.8. The smallest absolute Gasteiger partial charge is 0.306 e. The summed E-state index contributed by atoms with van der Waals surface area (Å²) >= 11 is 0. The lowest BCUT2D eigenvalue weighted by Gasteiger charge is -2.41. The Morgan fingerprint density at radius 1 is 0.438 bits per heavy atom. The van der Waals surface area contributed by atoms with E-state index >= 15 is 0 Å². The molecule has 0 aromatic rings. The molecule has 89 heavy (non-hydrogen) atoms. The van der Waals surface area contributed by atoms with Gasteiger partial charge in [0.15, 0.2) is 12.4 Å². The van der Waals surface area contributed by atoms with Crippen LogP contribution >= 0.6 is 0 Å². The second-order valence-electron chi connectivity index (χ2n) is 27.1. The van der Waals surface area contributed by atoms with Crippen LogP contribution in [0.15, 0.2) is 36.5 Å². The lowest BCUT2D eigenvalue weighted by molar-refractivity contribution is -0.305. The number of carbonyl (C=O) groups excluding carboxylic acids is 2. The van der Waals surface area contributed by atoms with Crippen molar-refractivity contribution in [2.75, 3.05) is 13.2 Å². The molecule has 8 atom stereocenters. The van der Waals surface area contributed by atoms with Crippen LogP contribution in [0.1, 0.15) is 387 Å². The molecule has 1 rings (SSSR count). The van der Waals surface area contributed by atoms with Crippen molar-refractivity contribution in [3.8, 4) is 0 Å². The Hall–Kier alpha value is -2.12. The van der Waals surface area contributed by atoms with Gasteiger partial charge in [-0.3, -0.25) is 9.59 Å². The molecule has 0 bridgehead atoms. The number of hydrogen-bond donors (Lipinski definition) is 6. The first kappa shape index (κ1) is 84.9. The number of rotatable bonds is 68. The summed E-state index contributed by atoms with van der Waals surface area (Å²) in [7, 11) is 0. The van der Waals surface area contributed by atoms with Gasteiger partial charge in [0.25, 0.3) is 0 Å². The van der Waals surface area contributed by atoms with Crippen molar-refractivity contribution in [1.29, 1.82) is 0 Å². The zero-order valence-electron chi connectivity index (χ0n) is 58.6. The standard InChI is InChI=1S/C78H147NO10/c1-4-7-10-13-16-19-22-24-26-28-30-32-34-35-36-38-39-41-43-45-47-50-53-56-59-62-65-71(82)77(86)79-69(70(81)64-61-58-55-52-49-21-18-15-12-9-6-3)68-87-78-76(75(85)74(84)72(67-80)88-78)89-73(83)66-63-60-57-54-51-48-46-44-42-40-37-33-31-29-27-25-23-20-17-14-11-8-5-2/h17,20,25,27,61,64,69-72,74-76,78,80-82,84-85H,4-16,18-19,21-24,26,28-60,62-63,65-68H2,1-3H3,(H,79,86)/b20-17-,27-25-,64-61+. The van der Waals surface area contributed by atoms with E-state index in [9.17, 15) is 35.1 Å². The van der Waals surface area contributed by atoms with Gasteiger partial charge in [0, 0.05) is 6.42 Å². The number of aliphatic hydroxyl groups excluding tert-OH is 5. The van der Waals surface area contributed by atoms with Gasteiger partial charge >= 0.3 is 5.97 Å². The molecular weight excluding hydrogens is 1110 g/mol. The molecule has 0 saturated carbocycles. The molecule has 1 saturated heterocycles. The van der Waals surface area contributed by atoms with Crippen LogP contribution in [-0.4, -0.2) is 99.6 Å². The molecule has 0 aliphatic carbocycles. The topological polar surface area (TPSA) is 175 Å². The maximum atomic E-state index is 13.5. The normalized spacial score (nSPS) is 18.2. The van der Waals surface area contributed by atoms with Gasteiger partial charge in [-0.25, -0.2) is 0 Å². The van der Waals surface area contributed by atoms with Gasteiger partial charge in [0.2, 0.25) is 5.91 Å². The van der Waals surface area contributed by atoms with Gasteiger partial charge < -0.3 is 45.1 Å². The molecule has 0 spiro atoms. The Morgan fingerprint density at radius 3 is 1.17 bits per heavy atom. The molecule has 1 aliphatic rings. The molecule has 1 fully saturated rings. The largest absolute Gasteiger partial charge is 0.454 e. The van der Waals surface area contributed by atoms with Gasteiger partial charge in [0.05, 0.1) is 25.4 Å². The molecular formula is C78H147NO10. The van der Waals surface area contributed by atoms with E-state index in [-0.39, 0.29) is 13.0 Å². The van der Waals surface area contributed by atoms with Gasteiger partial charge in [-0.15, -0.1) is 0 Å². The molecule has 1 aliphatic heterocycles. The SMILES string of the molecule is CCCCC/C=C\C/C=C\CCCCCCCCCCCCCCCC(=O)OC1C(OCC(NC(=O)C(O)CCCCCCCCCCCCCCCCCCCCCCCCCCCC)C(O)/C=C/CCCCCCCCCCC)OC(CO)C(O)C1O. The first-order chi connectivity index (χ1) is 43.7. The number of hydrogen-bond acceptors (Lipinski definition) is 10. The quantitative estimate of drug-likeness (QED) is 0.0195. The Kier molecular flexibility index (Phi) is 62.9. The zero-order chi connectivity index (χ0) is 64.6. The van der Waals surface area contributed by atoms with E-state index in [1.54, 1.807) is 6.08 Å². The molecule has 11 heteroatoms. The number of nitrogens with one attached hydrogen (secondary N) is 1. The summed E-state index contributed by atoms with van der Waals surface area (Å²) in [6, 6.07) is -1.02. The highest BCUT2D eigenvalue weighted by molar-refractivity contribution is 5.80. The van der Waals surface area contributed by atoms with Crippen LogP contribution in [0.3, 0.4) is 0 Å². The van der Waals surface area contributed by atoms with Crippen LogP contribution in [-0.2, 0) is 23.8 Å². The number of unbranched alkanes of at least 4 members (excludes halogenated alkanes) is 50. The summed E-state index contributed by atoms with van der Waals surface area (Å²) in [6.07, 6.45) is 72.1. The fourth-order valence-electron chi connectivity index (χ4n) is 12.5. The second kappa shape index (κ2) is 65.9. The minimum absolute atomic E-state index is 0.126. The molecule has 0 radical (unpaired) electrons. The van der Waals surface area contributed by atoms with E-state index in [1.165, 1.54) is 276 Å². The lowest BCUT2D eigenvalue weighted by Crippen LogP contribution is -2.61. The average molecular weight is 1260 g/mol. The van der Waals surface area contributed by atoms with Crippen LogP contribution in [0.5, 0.6) is 0 Å². The van der Waals surface area contributed by atoms with Gasteiger partial charge in [-0.1, -0.05) is 359 Å². The van der Waals surface area contributed by atoms with Crippen molar-refractivity contribution in [2.45, 2.75) is 436 Å². The monoisotopic (exact) mass is 1260 g/mol. The van der Waals surface area contributed by atoms with E-state index < -0.39 is 67.4 Å². The van der Waals surface area contributed by atoms with E-state index in [2.05, 4.69) is 50.4 Å². The third-order valence-corrected chi connectivity index (χ3v) is 18.5. The Morgan fingerprint density at radius 2 is 0.775 bits per heavy atom. The van der Waals surface area contributed by atoms with Crippen molar-refractivity contribution in [1.82, 2.24) is 5.32 Å². The average Bonchev–Trinajstić information content (AvgIpc) is 1.97. The fourth-order valence-corrected chi connectivity index (χ4v) is 12.5. The van der Waals surface area contributed by atoms with Gasteiger partial charge in [-0.2, -0.15) is 0 Å². The first-order valence-electron chi connectivity index (χ1n) is 38.8. The van der Waals surface area contributed by atoms with Crippen molar-refractivity contribution in [3.63, 3.8) is 0 Å². The Balaban J connectivity index is 2.48. The number of esters is 1. The van der Waals surface area contributed by atoms with Gasteiger partial charge in [0.1, 0.15) is 24.4 Å². The summed E-state index contributed by atoms with van der Waals surface area (Å²) in [5.74, 6) is -1.18. The number of allylic oxidation sites excluding steroid dienone is 5. The third kappa shape index (κ3) is 52.9. The van der Waals surface area contributed by atoms with Crippen LogP contribution in [0, 0.1) is 0 Å². The highest BCUT2D eigenvalue weighted by Crippen LogP contribution is 2.27. The maximum absolute atomic E-state index is 13.5. The van der Waals surface area contributed by atoms with Crippen LogP contribution in [0.25, 0.3) is 0 Å². The highest BCUT2D eigenvalue weighted by Gasteiger charge is 2.47. The van der Waals surface area contributed by atoms with Crippen LogP contribution in [0.4, 0.5) is 0 Å². The number of carbonyl (C=O) groups is 2. The molecule has 524 valence electrons. The Labute approximate surface area is 549 Å². The lowest BCUT2D eigenvalue weighted by atomic mass is 9.99. The zero-order valence-corrected chi connectivity index (χ0v) is 58.6. The van der Waals surface area contributed by atoms with Crippen LogP contribution in [0.2, 0.25) is 0 Å². The summed E-state index contributed by atoms with van der Waals surface area (Å²) < 4.78 is 17.7. The maximum Gasteiger partial charge on any atom is 0.306 e. The van der Waals surface area contributed by atoms with Crippen molar-refractivity contribution < 1.29 is 49.3 Å². The molecule has 6 N–H and O–H groups in total. The molecule has 1 heterocycles. The second-order valence-corrected chi connectivity index (χ2v) is 27.1. The van der Waals surface area contributed by atoms with Crippen molar-refractivity contribution in [3.05, 3.63) is 36.5 Å². The molecule has 0 aromatic carbocycles. The number of aliphatic hydroxyl groups is 5. The summed E-state index contributed by atoms with van der Waals surface area (Å²) in [5.41, 5.74) is 0. The summed E-state index contributed by atoms with van der Waals surface area (Å²) in [4.78, 5) is 26.7. The number of amides is 1. The highest BCUT2D eigenvalue weighted by atomic mass is 16.7. The predicted octanol–water partition coefficient (Wildman–Crippen LogP) is 20.5. The van der Waals surface area contributed by atoms with Crippen LogP contribution < -0.4 is 5.32 Å². The molecule has 8 unspecified atom stereocenters. The molecule has 1 amide bonds. The van der Waals surface area contributed by atoms with E-state index in [1.807, 2.05) is 6.08 Å². The fraction of sp³-hybridized carbons (Fsp3) is 0.897. The molecule has 0 aromatic heterocycles. The molecule has 11 nitrogen and oxygen atoms in total. The summed E-state index contributed by atoms with van der Waals surface area (Å²) in [5, 5.41) is 57.3.